The van der Waals surface area contributed by atoms with E-state index in [-0.39, 0.29) is 12.2 Å². The number of hydrogen-bond donors (Lipinski definition) is 0. The molecule has 0 unspecified atom stereocenters. The first-order valence-electron chi connectivity index (χ1n) is 5.95. The summed E-state index contributed by atoms with van der Waals surface area (Å²) in [5.74, 6) is 0.0199. The molecule has 0 bridgehead atoms. The molecule has 2 nitrogen and oxygen atoms in total. The molecule has 0 aliphatic rings. The highest BCUT2D eigenvalue weighted by Gasteiger charge is 2.09. The third-order valence-corrected chi connectivity index (χ3v) is 2.69. The number of Topliss-reactive ketones (excluding diaryl/α,β-unsaturated/α-hetero) is 1. The van der Waals surface area contributed by atoms with E-state index in [1.54, 1.807) is 0 Å². The number of aryl methyl sites for hydroxylation is 1. The lowest BCUT2D eigenvalue weighted by molar-refractivity contribution is 0.0994. The second-order valence-corrected chi connectivity index (χ2v) is 4.31. The van der Waals surface area contributed by atoms with Crippen LogP contribution < -0.4 is 0 Å². The van der Waals surface area contributed by atoms with Gasteiger partial charge in [-0.25, -0.2) is 0 Å². The minimum Gasteiger partial charge on any atom is -0.487 e. The molecule has 0 aliphatic heterocycles. The zero-order valence-electron chi connectivity index (χ0n) is 10.4. The van der Waals surface area contributed by atoms with Crippen molar-refractivity contribution in [3.8, 4) is 0 Å². The van der Waals surface area contributed by atoms with Crippen molar-refractivity contribution in [3.63, 3.8) is 0 Å². The molecular formula is C14H18O2S. The summed E-state index contributed by atoms with van der Waals surface area (Å²) in [4.78, 5) is 11.8. The van der Waals surface area contributed by atoms with E-state index in [0.29, 0.717) is 17.2 Å². The summed E-state index contributed by atoms with van der Waals surface area (Å²) >= 11 is 4.95. The maximum atomic E-state index is 11.8. The molecule has 0 atom stereocenters. The van der Waals surface area contributed by atoms with Crippen LogP contribution in [0.2, 0.25) is 0 Å². The van der Waals surface area contributed by atoms with Gasteiger partial charge in [0.15, 0.2) is 10.8 Å². The van der Waals surface area contributed by atoms with E-state index in [0.717, 1.165) is 12.8 Å². The summed E-state index contributed by atoms with van der Waals surface area (Å²) in [5.41, 5.74) is 1.96. The molecule has 0 N–H and O–H groups in total. The Kier molecular flexibility index (Phi) is 5.84. The van der Waals surface area contributed by atoms with Crippen molar-refractivity contribution in [2.24, 2.45) is 0 Å². The normalized spacial score (nSPS) is 10.0. The molecule has 0 heterocycles. The number of rotatable bonds is 6. The molecule has 0 aliphatic carbocycles. The zero-order valence-corrected chi connectivity index (χ0v) is 11.2. The van der Waals surface area contributed by atoms with E-state index in [2.05, 4.69) is 6.92 Å². The highest BCUT2D eigenvalue weighted by atomic mass is 32.1. The standard InChI is InChI=1S/C14H18O2S/c1-3-5-11-6-8-12(9-7-11)13(15)10-14(17)16-4-2/h6-9H,3-5,10H2,1-2H3. The lowest BCUT2D eigenvalue weighted by Gasteiger charge is -2.05. The number of ether oxygens (including phenoxy) is 1. The first-order chi connectivity index (χ1) is 8.17. The Labute approximate surface area is 108 Å². The first-order valence-corrected chi connectivity index (χ1v) is 6.36. The number of hydrogen-bond acceptors (Lipinski definition) is 3. The van der Waals surface area contributed by atoms with Crippen molar-refractivity contribution in [3.05, 3.63) is 35.4 Å². The predicted molar refractivity (Wildman–Crippen MR) is 73.6 cm³/mol. The second kappa shape index (κ2) is 7.17. The predicted octanol–water partition coefficient (Wildman–Crippen LogP) is 3.58. The Balaban J connectivity index is 2.60. The number of ketones is 1. The van der Waals surface area contributed by atoms with Crippen LogP contribution in [-0.2, 0) is 11.2 Å². The number of benzene rings is 1. The summed E-state index contributed by atoms with van der Waals surface area (Å²) in [6.45, 7) is 4.51. The molecule has 0 amide bonds. The topological polar surface area (TPSA) is 26.3 Å². The molecule has 92 valence electrons. The first kappa shape index (κ1) is 13.8. The number of carbonyl (C=O) groups excluding carboxylic acids is 1. The van der Waals surface area contributed by atoms with Gasteiger partial charge >= 0.3 is 0 Å². The number of thiocarbonyl (C=S) groups is 1. The van der Waals surface area contributed by atoms with Gasteiger partial charge in [0.2, 0.25) is 0 Å². The van der Waals surface area contributed by atoms with Crippen LogP contribution >= 0.6 is 12.2 Å². The van der Waals surface area contributed by atoms with E-state index >= 15 is 0 Å². The van der Waals surface area contributed by atoms with Crippen molar-refractivity contribution in [2.75, 3.05) is 6.61 Å². The average molecular weight is 250 g/mol. The van der Waals surface area contributed by atoms with Gasteiger partial charge in [-0.05, 0) is 31.1 Å². The Bertz CT molecular complexity index is 382. The molecule has 3 heteroatoms. The van der Waals surface area contributed by atoms with Gasteiger partial charge in [-0.2, -0.15) is 0 Å². The molecule has 0 aromatic heterocycles. The van der Waals surface area contributed by atoms with Crippen LogP contribution in [0.4, 0.5) is 0 Å². The second-order valence-electron chi connectivity index (χ2n) is 3.85. The van der Waals surface area contributed by atoms with Gasteiger partial charge < -0.3 is 4.74 Å². The van der Waals surface area contributed by atoms with Gasteiger partial charge in [0.1, 0.15) is 0 Å². The van der Waals surface area contributed by atoms with E-state index < -0.39 is 0 Å². The van der Waals surface area contributed by atoms with Gasteiger partial charge in [-0.15, -0.1) is 0 Å². The highest BCUT2D eigenvalue weighted by Crippen LogP contribution is 2.09. The van der Waals surface area contributed by atoms with Crippen LogP contribution in [0.1, 0.15) is 42.6 Å². The molecule has 0 spiro atoms. The van der Waals surface area contributed by atoms with Crippen molar-refractivity contribution in [1.29, 1.82) is 0 Å². The molecule has 17 heavy (non-hydrogen) atoms. The smallest absolute Gasteiger partial charge is 0.171 e. The molecule has 0 saturated carbocycles. The van der Waals surface area contributed by atoms with Crippen LogP contribution in [0.25, 0.3) is 0 Å². The van der Waals surface area contributed by atoms with Crippen LogP contribution in [-0.4, -0.2) is 17.4 Å². The summed E-state index contributed by atoms with van der Waals surface area (Å²) < 4.78 is 5.11. The van der Waals surface area contributed by atoms with Crippen molar-refractivity contribution in [1.82, 2.24) is 0 Å². The van der Waals surface area contributed by atoms with Gasteiger partial charge in [0, 0.05) is 5.56 Å². The van der Waals surface area contributed by atoms with Crippen LogP contribution in [0.3, 0.4) is 0 Å². The van der Waals surface area contributed by atoms with E-state index in [9.17, 15) is 4.79 Å². The largest absolute Gasteiger partial charge is 0.487 e. The van der Waals surface area contributed by atoms with Gasteiger partial charge in [-0.3, -0.25) is 4.79 Å². The van der Waals surface area contributed by atoms with Gasteiger partial charge in [0.05, 0.1) is 13.0 Å². The van der Waals surface area contributed by atoms with Crippen molar-refractivity contribution >= 4 is 23.1 Å². The quantitative estimate of drug-likeness (QED) is 0.570. The maximum Gasteiger partial charge on any atom is 0.171 e. The van der Waals surface area contributed by atoms with Crippen molar-refractivity contribution in [2.45, 2.75) is 33.1 Å². The Morgan fingerprint density at radius 1 is 1.24 bits per heavy atom. The monoisotopic (exact) mass is 250 g/mol. The third kappa shape index (κ3) is 4.65. The maximum absolute atomic E-state index is 11.8. The Hall–Kier alpha value is -1.22. The fraction of sp³-hybridized carbons (Fsp3) is 0.429. The third-order valence-electron chi connectivity index (χ3n) is 2.42. The summed E-state index contributed by atoms with van der Waals surface area (Å²) in [6.07, 6.45) is 2.35. The van der Waals surface area contributed by atoms with E-state index in [1.807, 2.05) is 31.2 Å². The average Bonchev–Trinajstić information content (AvgIpc) is 2.30. The molecular weight excluding hydrogens is 232 g/mol. The number of carbonyl (C=O) groups is 1. The Morgan fingerprint density at radius 3 is 2.41 bits per heavy atom. The molecule has 1 aromatic carbocycles. The van der Waals surface area contributed by atoms with Gasteiger partial charge in [0.25, 0.3) is 0 Å². The molecule has 1 aromatic rings. The highest BCUT2D eigenvalue weighted by molar-refractivity contribution is 7.80. The molecule has 1 rings (SSSR count). The lowest BCUT2D eigenvalue weighted by atomic mass is 10.0. The van der Waals surface area contributed by atoms with Gasteiger partial charge in [-0.1, -0.05) is 37.6 Å². The molecule has 0 fully saturated rings. The van der Waals surface area contributed by atoms with Crippen LogP contribution in [0.5, 0.6) is 0 Å². The summed E-state index contributed by atoms with van der Waals surface area (Å²) in [5, 5.41) is 0.370. The minimum absolute atomic E-state index is 0.0199. The SMILES string of the molecule is CCCc1ccc(C(=O)CC(=S)OCC)cc1. The van der Waals surface area contributed by atoms with Crippen LogP contribution in [0.15, 0.2) is 24.3 Å². The summed E-state index contributed by atoms with van der Waals surface area (Å²) in [7, 11) is 0. The zero-order chi connectivity index (χ0) is 12.7. The summed E-state index contributed by atoms with van der Waals surface area (Å²) in [6, 6.07) is 7.73. The fourth-order valence-corrected chi connectivity index (χ4v) is 1.84. The van der Waals surface area contributed by atoms with Crippen LogP contribution in [0, 0.1) is 0 Å². The molecule has 0 saturated heterocycles. The Morgan fingerprint density at radius 2 is 1.88 bits per heavy atom. The van der Waals surface area contributed by atoms with E-state index in [1.165, 1.54) is 5.56 Å². The minimum atomic E-state index is 0.0199. The van der Waals surface area contributed by atoms with Crippen molar-refractivity contribution < 1.29 is 9.53 Å². The molecule has 0 radical (unpaired) electrons. The fourth-order valence-electron chi connectivity index (χ4n) is 1.59. The lowest BCUT2D eigenvalue weighted by Crippen LogP contribution is -2.09. The van der Waals surface area contributed by atoms with E-state index in [4.69, 9.17) is 17.0 Å².